The van der Waals surface area contributed by atoms with Crippen LogP contribution in [0.4, 0.5) is 8.78 Å². The molecular weight excluding hydrogens is 204 g/mol. The van der Waals surface area contributed by atoms with Crippen molar-refractivity contribution in [3.63, 3.8) is 0 Å². The van der Waals surface area contributed by atoms with E-state index in [2.05, 4.69) is 4.74 Å². The van der Waals surface area contributed by atoms with Gasteiger partial charge in [-0.3, -0.25) is 5.41 Å². The highest BCUT2D eigenvalue weighted by Crippen LogP contribution is 2.17. The Balaban J connectivity index is 2.47. The third-order valence-electron chi connectivity index (χ3n) is 1.73. The first-order valence-corrected chi connectivity index (χ1v) is 4.32. The third-order valence-corrected chi connectivity index (χ3v) is 1.73. The van der Waals surface area contributed by atoms with Gasteiger partial charge in [-0.15, -0.1) is 0 Å². The molecule has 0 aromatic heterocycles. The molecule has 1 N–H and O–H groups in total. The topological polar surface area (TPSA) is 42.3 Å². The van der Waals surface area contributed by atoms with Crippen molar-refractivity contribution in [2.75, 3.05) is 13.7 Å². The van der Waals surface area contributed by atoms with E-state index in [4.69, 9.17) is 10.1 Å². The molecule has 0 aliphatic heterocycles. The van der Waals surface area contributed by atoms with Crippen LogP contribution in [0, 0.1) is 17.0 Å². The average molecular weight is 215 g/mol. The van der Waals surface area contributed by atoms with Gasteiger partial charge in [-0.2, -0.15) is 0 Å². The van der Waals surface area contributed by atoms with Gasteiger partial charge in [0.05, 0.1) is 20.1 Å². The molecule has 82 valence electrons. The van der Waals surface area contributed by atoms with E-state index < -0.39 is 11.6 Å². The number of ether oxygens (including phenoxy) is 2. The fourth-order valence-corrected chi connectivity index (χ4v) is 0.948. The second kappa shape index (κ2) is 5.29. The summed E-state index contributed by atoms with van der Waals surface area (Å²) < 4.78 is 35.1. The highest BCUT2D eigenvalue weighted by atomic mass is 19.1. The molecule has 1 rings (SSSR count). The van der Waals surface area contributed by atoms with Gasteiger partial charge in [0.25, 0.3) is 0 Å². The Kier molecular flexibility index (Phi) is 4.03. The fraction of sp³-hybridized carbons (Fsp3) is 0.300. The Morgan fingerprint density at radius 1 is 1.40 bits per heavy atom. The van der Waals surface area contributed by atoms with Crippen LogP contribution in [0.25, 0.3) is 0 Å². The largest absolute Gasteiger partial charge is 0.490 e. The van der Waals surface area contributed by atoms with Crippen LogP contribution in [0.5, 0.6) is 5.75 Å². The average Bonchev–Trinajstić information content (AvgIpc) is 2.21. The van der Waals surface area contributed by atoms with E-state index in [1.54, 1.807) is 0 Å². The molecule has 0 atom stereocenters. The van der Waals surface area contributed by atoms with Crippen molar-refractivity contribution < 1.29 is 18.3 Å². The second-order valence-electron chi connectivity index (χ2n) is 2.80. The van der Waals surface area contributed by atoms with Crippen molar-refractivity contribution >= 4 is 5.90 Å². The lowest BCUT2D eigenvalue weighted by Gasteiger charge is -2.07. The minimum absolute atomic E-state index is 0.0275. The number of methoxy groups -OCH3 is 1. The van der Waals surface area contributed by atoms with E-state index in [1.165, 1.54) is 13.2 Å². The summed E-state index contributed by atoms with van der Waals surface area (Å²) in [5.41, 5.74) is 0. The minimum Gasteiger partial charge on any atom is -0.490 e. The summed E-state index contributed by atoms with van der Waals surface area (Å²) in [6.07, 6.45) is 0.243. The molecule has 0 aliphatic rings. The lowest BCUT2D eigenvalue weighted by molar-refractivity contribution is 0.294. The van der Waals surface area contributed by atoms with Gasteiger partial charge in [0.2, 0.25) is 0 Å². The standard InChI is InChI=1S/C10H11F2NO2/c1-14-10(13)4-5-15-9-3-2-7(11)6-8(9)12/h2-3,6,13H,4-5H2,1H3. The first-order valence-electron chi connectivity index (χ1n) is 4.32. The summed E-state index contributed by atoms with van der Waals surface area (Å²) in [4.78, 5) is 0. The molecule has 0 heterocycles. The molecule has 3 nitrogen and oxygen atoms in total. The molecule has 5 heteroatoms. The van der Waals surface area contributed by atoms with Crippen LogP contribution in [0.3, 0.4) is 0 Å². The lowest BCUT2D eigenvalue weighted by atomic mass is 10.3. The molecule has 0 bridgehead atoms. The van der Waals surface area contributed by atoms with E-state index in [9.17, 15) is 8.78 Å². The zero-order valence-electron chi connectivity index (χ0n) is 8.22. The fourth-order valence-electron chi connectivity index (χ4n) is 0.948. The van der Waals surface area contributed by atoms with Crippen LogP contribution in [-0.4, -0.2) is 19.6 Å². The molecule has 0 saturated heterocycles. The molecule has 0 unspecified atom stereocenters. The summed E-state index contributed by atoms with van der Waals surface area (Å²) in [6.45, 7) is 0.120. The highest BCUT2D eigenvalue weighted by molar-refractivity contribution is 5.72. The van der Waals surface area contributed by atoms with Gasteiger partial charge in [0.15, 0.2) is 17.5 Å². The number of rotatable bonds is 4. The Morgan fingerprint density at radius 3 is 2.73 bits per heavy atom. The quantitative estimate of drug-likeness (QED) is 0.618. The second-order valence-corrected chi connectivity index (χ2v) is 2.80. The normalized spacial score (nSPS) is 9.80. The Morgan fingerprint density at radius 2 is 2.13 bits per heavy atom. The zero-order valence-corrected chi connectivity index (χ0v) is 8.22. The van der Waals surface area contributed by atoms with Crippen molar-refractivity contribution in [3.8, 4) is 5.75 Å². The SMILES string of the molecule is COC(=N)CCOc1ccc(F)cc1F. The van der Waals surface area contributed by atoms with E-state index in [0.717, 1.165) is 12.1 Å². The molecule has 1 aromatic rings. The van der Waals surface area contributed by atoms with Gasteiger partial charge in [0, 0.05) is 6.07 Å². The zero-order chi connectivity index (χ0) is 11.3. The summed E-state index contributed by atoms with van der Waals surface area (Å²) in [7, 11) is 1.38. The monoisotopic (exact) mass is 215 g/mol. The lowest BCUT2D eigenvalue weighted by Crippen LogP contribution is -2.07. The minimum atomic E-state index is -0.751. The van der Waals surface area contributed by atoms with Crippen molar-refractivity contribution in [2.45, 2.75) is 6.42 Å². The predicted molar refractivity (Wildman–Crippen MR) is 51.2 cm³/mol. The predicted octanol–water partition coefficient (Wildman–Crippen LogP) is 2.36. The first kappa shape index (κ1) is 11.4. The third kappa shape index (κ3) is 3.53. The molecule has 0 spiro atoms. The molecule has 0 radical (unpaired) electrons. The maximum absolute atomic E-state index is 13.0. The smallest absolute Gasteiger partial charge is 0.183 e. The summed E-state index contributed by atoms with van der Waals surface area (Å²) in [5, 5.41) is 7.14. The Labute approximate surface area is 86.1 Å². The van der Waals surface area contributed by atoms with Crippen LogP contribution >= 0.6 is 0 Å². The van der Waals surface area contributed by atoms with E-state index >= 15 is 0 Å². The molecular formula is C10H11F2NO2. The first-order chi connectivity index (χ1) is 7.13. The van der Waals surface area contributed by atoms with Gasteiger partial charge >= 0.3 is 0 Å². The van der Waals surface area contributed by atoms with E-state index in [0.29, 0.717) is 0 Å². The van der Waals surface area contributed by atoms with Gasteiger partial charge in [-0.1, -0.05) is 0 Å². The van der Waals surface area contributed by atoms with E-state index in [1.807, 2.05) is 0 Å². The number of benzene rings is 1. The van der Waals surface area contributed by atoms with Crippen molar-refractivity contribution in [1.29, 1.82) is 5.41 Å². The van der Waals surface area contributed by atoms with Crippen LogP contribution in [0.1, 0.15) is 6.42 Å². The maximum Gasteiger partial charge on any atom is 0.183 e. The summed E-state index contributed by atoms with van der Waals surface area (Å²) in [6, 6.07) is 3.07. The summed E-state index contributed by atoms with van der Waals surface area (Å²) >= 11 is 0. The number of hydrogen-bond donors (Lipinski definition) is 1. The van der Waals surface area contributed by atoms with Gasteiger partial charge in [0.1, 0.15) is 5.82 Å². The van der Waals surface area contributed by atoms with Crippen LogP contribution in [0.2, 0.25) is 0 Å². The van der Waals surface area contributed by atoms with E-state index in [-0.39, 0.29) is 24.7 Å². The Hall–Kier alpha value is -1.65. The number of hydrogen-bond acceptors (Lipinski definition) is 3. The molecule has 0 saturated carbocycles. The van der Waals surface area contributed by atoms with Gasteiger partial charge in [-0.25, -0.2) is 8.78 Å². The van der Waals surface area contributed by atoms with Crippen LogP contribution < -0.4 is 4.74 Å². The summed E-state index contributed by atoms with van der Waals surface area (Å²) in [5.74, 6) is -1.37. The molecule has 15 heavy (non-hydrogen) atoms. The van der Waals surface area contributed by atoms with Gasteiger partial charge in [-0.05, 0) is 12.1 Å². The molecule has 0 fully saturated rings. The van der Waals surface area contributed by atoms with Crippen molar-refractivity contribution in [1.82, 2.24) is 0 Å². The molecule has 0 amide bonds. The van der Waals surface area contributed by atoms with Gasteiger partial charge < -0.3 is 9.47 Å². The van der Waals surface area contributed by atoms with Crippen LogP contribution in [-0.2, 0) is 4.74 Å². The van der Waals surface area contributed by atoms with Crippen LogP contribution in [0.15, 0.2) is 18.2 Å². The van der Waals surface area contributed by atoms with Crippen molar-refractivity contribution in [2.24, 2.45) is 0 Å². The molecule has 1 aromatic carbocycles. The Bertz CT molecular complexity index is 355. The maximum atomic E-state index is 13.0. The number of halogens is 2. The highest BCUT2D eigenvalue weighted by Gasteiger charge is 2.05. The van der Waals surface area contributed by atoms with Crippen molar-refractivity contribution in [3.05, 3.63) is 29.8 Å². The molecule has 0 aliphatic carbocycles. The number of nitrogens with one attached hydrogen (secondary N) is 1.